The Bertz CT molecular complexity index is 891. The van der Waals surface area contributed by atoms with E-state index < -0.39 is 0 Å². The Labute approximate surface area is 151 Å². The van der Waals surface area contributed by atoms with E-state index in [9.17, 15) is 4.39 Å². The molecule has 134 valence electrons. The molecule has 1 N–H and O–H groups in total. The first-order valence-corrected chi connectivity index (χ1v) is 8.74. The van der Waals surface area contributed by atoms with Crippen LogP contribution in [0.3, 0.4) is 0 Å². The molecule has 0 amide bonds. The molecule has 1 aromatic carbocycles. The number of halogens is 1. The zero-order chi connectivity index (χ0) is 17.9. The van der Waals surface area contributed by atoms with Gasteiger partial charge in [0.05, 0.1) is 30.2 Å². The molecule has 0 fully saturated rings. The van der Waals surface area contributed by atoms with Gasteiger partial charge in [0.25, 0.3) is 0 Å². The Morgan fingerprint density at radius 2 is 2.08 bits per heavy atom. The second-order valence-corrected chi connectivity index (χ2v) is 6.51. The molecular formula is C20H21FN4O. The van der Waals surface area contributed by atoms with Crippen LogP contribution in [0.1, 0.15) is 17.1 Å². The molecule has 0 radical (unpaired) electrons. The van der Waals surface area contributed by atoms with Crippen LogP contribution in [0.2, 0.25) is 0 Å². The Hall–Kier alpha value is -2.57. The number of imidazole rings is 1. The molecule has 0 spiro atoms. The SMILES string of the molecule is Cc1cccnc1CNCC1Cn2c(-c3ccc(F)cc3)cnc2CO1. The number of aryl methyl sites for hydroxylation is 1. The molecule has 4 rings (SSSR count). The maximum atomic E-state index is 13.2. The van der Waals surface area contributed by atoms with Crippen LogP contribution in [0.5, 0.6) is 0 Å². The van der Waals surface area contributed by atoms with Gasteiger partial charge in [-0.05, 0) is 48.4 Å². The number of aromatic nitrogens is 3. The predicted molar refractivity (Wildman–Crippen MR) is 96.9 cm³/mol. The molecule has 6 heteroatoms. The maximum absolute atomic E-state index is 13.2. The van der Waals surface area contributed by atoms with E-state index in [0.717, 1.165) is 35.9 Å². The lowest BCUT2D eigenvalue weighted by atomic mass is 10.1. The van der Waals surface area contributed by atoms with E-state index in [1.54, 1.807) is 12.1 Å². The summed E-state index contributed by atoms with van der Waals surface area (Å²) in [5.74, 6) is 0.670. The minimum atomic E-state index is -0.234. The summed E-state index contributed by atoms with van der Waals surface area (Å²) in [6.07, 6.45) is 3.70. The molecule has 26 heavy (non-hydrogen) atoms. The van der Waals surface area contributed by atoms with Gasteiger partial charge in [-0.3, -0.25) is 4.98 Å². The molecule has 1 aliphatic heterocycles. The van der Waals surface area contributed by atoms with Gasteiger partial charge in [0.15, 0.2) is 0 Å². The summed E-state index contributed by atoms with van der Waals surface area (Å²) in [6, 6.07) is 10.5. The van der Waals surface area contributed by atoms with Crippen LogP contribution < -0.4 is 5.32 Å². The van der Waals surface area contributed by atoms with Crippen LogP contribution in [0.25, 0.3) is 11.3 Å². The van der Waals surface area contributed by atoms with Gasteiger partial charge < -0.3 is 14.6 Å². The number of hydrogen-bond acceptors (Lipinski definition) is 4. The molecule has 3 heterocycles. The number of ether oxygens (including phenoxy) is 1. The first kappa shape index (κ1) is 16.9. The zero-order valence-electron chi connectivity index (χ0n) is 14.7. The second kappa shape index (κ2) is 7.35. The quantitative estimate of drug-likeness (QED) is 0.767. The number of nitrogens with one attached hydrogen (secondary N) is 1. The van der Waals surface area contributed by atoms with Crippen LogP contribution in [0.15, 0.2) is 48.8 Å². The molecule has 3 aromatic rings. The van der Waals surface area contributed by atoms with Crippen molar-refractivity contribution in [3.05, 3.63) is 71.7 Å². The Balaban J connectivity index is 1.42. The molecule has 5 nitrogen and oxygen atoms in total. The molecule has 0 bridgehead atoms. The van der Waals surface area contributed by atoms with Crippen molar-refractivity contribution in [1.29, 1.82) is 0 Å². The highest BCUT2D eigenvalue weighted by atomic mass is 19.1. The van der Waals surface area contributed by atoms with Gasteiger partial charge in [-0.2, -0.15) is 0 Å². The van der Waals surface area contributed by atoms with Crippen LogP contribution >= 0.6 is 0 Å². The van der Waals surface area contributed by atoms with E-state index in [0.29, 0.717) is 13.2 Å². The first-order chi connectivity index (χ1) is 12.7. The van der Waals surface area contributed by atoms with Gasteiger partial charge in [0, 0.05) is 19.3 Å². The molecule has 2 aromatic heterocycles. The largest absolute Gasteiger partial charge is 0.367 e. The van der Waals surface area contributed by atoms with E-state index in [2.05, 4.69) is 32.8 Å². The lowest BCUT2D eigenvalue weighted by molar-refractivity contribution is 0.00321. The maximum Gasteiger partial charge on any atom is 0.135 e. The number of hydrogen-bond donors (Lipinski definition) is 1. The molecule has 0 aliphatic carbocycles. The predicted octanol–water partition coefficient (Wildman–Crippen LogP) is 3.08. The summed E-state index contributed by atoms with van der Waals surface area (Å²) in [4.78, 5) is 8.84. The van der Waals surface area contributed by atoms with Crippen molar-refractivity contribution in [2.24, 2.45) is 0 Å². The zero-order valence-corrected chi connectivity index (χ0v) is 14.7. The summed E-state index contributed by atoms with van der Waals surface area (Å²) < 4.78 is 21.3. The minimum absolute atomic E-state index is 0.0555. The lowest BCUT2D eigenvalue weighted by Gasteiger charge is -2.26. The highest BCUT2D eigenvalue weighted by molar-refractivity contribution is 5.59. The summed E-state index contributed by atoms with van der Waals surface area (Å²) >= 11 is 0. The van der Waals surface area contributed by atoms with Crippen molar-refractivity contribution < 1.29 is 9.13 Å². The number of rotatable bonds is 5. The molecular weight excluding hydrogens is 331 g/mol. The van der Waals surface area contributed by atoms with Crippen molar-refractivity contribution >= 4 is 0 Å². The topological polar surface area (TPSA) is 52.0 Å². The fourth-order valence-electron chi connectivity index (χ4n) is 3.21. The van der Waals surface area contributed by atoms with E-state index in [1.165, 1.54) is 17.7 Å². The van der Waals surface area contributed by atoms with Crippen LogP contribution in [0.4, 0.5) is 4.39 Å². The van der Waals surface area contributed by atoms with E-state index in [4.69, 9.17) is 4.74 Å². The number of pyridine rings is 1. The van der Waals surface area contributed by atoms with Gasteiger partial charge in [-0.1, -0.05) is 6.07 Å². The smallest absolute Gasteiger partial charge is 0.135 e. The molecule has 1 atom stereocenters. The molecule has 1 unspecified atom stereocenters. The van der Waals surface area contributed by atoms with Crippen LogP contribution in [0, 0.1) is 12.7 Å². The monoisotopic (exact) mass is 352 g/mol. The Kier molecular flexibility index (Phi) is 4.77. The van der Waals surface area contributed by atoms with Gasteiger partial charge >= 0.3 is 0 Å². The van der Waals surface area contributed by atoms with Crippen LogP contribution in [-0.4, -0.2) is 27.2 Å². The fourth-order valence-corrected chi connectivity index (χ4v) is 3.21. The Morgan fingerprint density at radius 3 is 2.88 bits per heavy atom. The van der Waals surface area contributed by atoms with Gasteiger partial charge in [-0.15, -0.1) is 0 Å². The normalized spacial score (nSPS) is 16.5. The van der Waals surface area contributed by atoms with Crippen molar-refractivity contribution in [3.8, 4) is 11.3 Å². The molecule has 0 saturated carbocycles. The number of benzene rings is 1. The van der Waals surface area contributed by atoms with Crippen molar-refractivity contribution in [3.63, 3.8) is 0 Å². The lowest BCUT2D eigenvalue weighted by Crippen LogP contribution is -2.36. The average molecular weight is 352 g/mol. The summed E-state index contributed by atoms with van der Waals surface area (Å²) in [5, 5.41) is 3.43. The second-order valence-electron chi connectivity index (χ2n) is 6.51. The summed E-state index contributed by atoms with van der Waals surface area (Å²) in [5.41, 5.74) is 4.19. The summed E-state index contributed by atoms with van der Waals surface area (Å²) in [6.45, 7) is 4.71. The van der Waals surface area contributed by atoms with Gasteiger partial charge in [-0.25, -0.2) is 9.37 Å². The first-order valence-electron chi connectivity index (χ1n) is 8.74. The Morgan fingerprint density at radius 1 is 1.23 bits per heavy atom. The van der Waals surface area contributed by atoms with Gasteiger partial charge in [0.1, 0.15) is 18.2 Å². The van der Waals surface area contributed by atoms with Crippen molar-refractivity contribution in [1.82, 2.24) is 19.9 Å². The third-order valence-electron chi connectivity index (χ3n) is 4.69. The molecule has 0 saturated heterocycles. The number of nitrogens with zero attached hydrogens (tertiary/aromatic N) is 3. The highest BCUT2D eigenvalue weighted by Gasteiger charge is 2.22. The number of fused-ring (bicyclic) bond motifs is 1. The highest BCUT2D eigenvalue weighted by Crippen LogP contribution is 2.25. The van der Waals surface area contributed by atoms with E-state index in [-0.39, 0.29) is 11.9 Å². The van der Waals surface area contributed by atoms with E-state index in [1.807, 2.05) is 18.5 Å². The standard InChI is InChI=1S/C20H21FN4O/c1-14-3-2-8-23-18(14)10-22-9-17-12-25-19(11-24-20(25)13-26-17)15-4-6-16(21)7-5-15/h2-8,11,17,22H,9-10,12-13H2,1H3. The van der Waals surface area contributed by atoms with Crippen molar-refractivity contribution in [2.45, 2.75) is 32.7 Å². The summed E-state index contributed by atoms with van der Waals surface area (Å²) in [7, 11) is 0. The third-order valence-corrected chi connectivity index (χ3v) is 4.69. The van der Waals surface area contributed by atoms with Crippen LogP contribution in [-0.2, 0) is 24.4 Å². The molecule has 1 aliphatic rings. The average Bonchev–Trinajstić information content (AvgIpc) is 3.07. The minimum Gasteiger partial charge on any atom is -0.367 e. The van der Waals surface area contributed by atoms with Crippen molar-refractivity contribution in [2.75, 3.05) is 6.54 Å². The van der Waals surface area contributed by atoms with Gasteiger partial charge in [0.2, 0.25) is 0 Å². The van der Waals surface area contributed by atoms with E-state index >= 15 is 0 Å². The third kappa shape index (κ3) is 3.52. The fraction of sp³-hybridized carbons (Fsp3) is 0.300.